The first-order chi connectivity index (χ1) is 15.6. The van der Waals surface area contributed by atoms with E-state index >= 15 is 0 Å². The summed E-state index contributed by atoms with van der Waals surface area (Å²) in [4.78, 5) is 19.0. The van der Waals surface area contributed by atoms with E-state index in [1.165, 1.54) is 0 Å². The second-order valence-corrected chi connectivity index (χ2v) is 7.57. The van der Waals surface area contributed by atoms with Gasteiger partial charge in [0, 0.05) is 19.5 Å². The normalized spacial score (nSPS) is 15.8. The fourth-order valence-corrected chi connectivity index (χ4v) is 3.90. The molecule has 1 aromatic heterocycles. The lowest BCUT2D eigenvalue weighted by molar-refractivity contribution is -0.127. The van der Waals surface area contributed by atoms with Crippen LogP contribution >= 0.6 is 0 Å². The maximum atomic E-state index is 12.6. The number of amides is 1. The van der Waals surface area contributed by atoms with Crippen molar-refractivity contribution in [2.75, 3.05) is 33.9 Å². The van der Waals surface area contributed by atoms with Crippen LogP contribution in [-0.4, -0.2) is 54.9 Å². The van der Waals surface area contributed by atoms with Gasteiger partial charge in [-0.05, 0) is 43.2 Å². The second kappa shape index (κ2) is 9.72. The van der Waals surface area contributed by atoms with Crippen LogP contribution in [0.3, 0.4) is 0 Å². The molecule has 168 valence electrons. The van der Waals surface area contributed by atoms with E-state index in [-0.39, 0.29) is 11.8 Å². The molecule has 1 fully saturated rings. The highest BCUT2D eigenvalue weighted by Crippen LogP contribution is 2.32. The molecule has 1 aliphatic heterocycles. The summed E-state index contributed by atoms with van der Waals surface area (Å²) in [5.41, 5.74) is 1.85. The van der Waals surface area contributed by atoms with Gasteiger partial charge in [0.25, 0.3) is 0 Å². The van der Waals surface area contributed by atoms with Crippen molar-refractivity contribution in [3.05, 3.63) is 53.9 Å². The standard InChI is InChI=1S/C24H27N3O5/c1-4-31-19-8-6-5-7-18(19)23-25-24(32-26-23)17-14-22(28)27(15-17)12-11-16-9-10-20(29-2)21(13-16)30-3/h5-10,13,17H,4,11-12,14-15H2,1-3H3. The molecule has 0 saturated carbocycles. The van der Waals surface area contributed by atoms with E-state index < -0.39 is 0 Å². The zero-order valence-electron chi connectivity index (χ0n) is 18.5. The van der Waals surface area contributed by atoms with Crippen LogP contribution in [-0.2, 0) is 11.2 Å². The van der Waals surface area contributed by atoms with Gasteiger partial charge in [-0.1, -0.05) is 23.4 Å². The predicted octanol–water partition coefficient (Wildman–Crippen LogP) is 3.71. The summed E-state index contributed by atoms with van der Waals surface area (Å²) in [7, 11) is 3.22. The summed E-state index contributed by atoms with van der Waals surface area (Å²) < 4.78 is 21.8. The third-order valence-corrected chi connectivity index (χ3v) is 5.55. The average Bonchev–Trinajstić information content (AvgIpc) is 3.45. The van der Waals surface area contributed by atoms with Crippen LogP contribution in [0.4, 0.5) is 0 Å². The molecule has 1 atom stereocenters. The molecule has 0 bridgehead atoms. The number of likely N-dealkylation sites (tertiary alicyclic amines) is 1. The number of nitrogens with zero attached hydrogens (tertiary/aromatic N) is 3. The van der Waals surface area contributed by atoms with Gasteiger partial charge in [0.05, 0.1) is 32.3 Å². The Morgan fingerprint density at radius 1 is 1.09 bits per heavy atom. The molecule has 1 amide bonds. The van der Waals surface area contributed by atoms with Crippen LogP contribution in [0.5, 0.6) is 17.2 Å². The Bertz CT molecular complexity index is 1080. The Balaban J connectivity index is 1.41. The summed E-state index contributed by atoms with van der Waals surface area (Å²) in [6, 6.07) is 13.4. The lowest BCUT2D eigenvalue weighted by Crippen LogP contribution is -2.27. The van der Waals surface area contributed by atoms with Crippen LogP contribution in [0.1, 0.15) is 30.7 Å². The lowest BCUT2D eigenvalue weighted by Gasteiger charge is -2.16. The average molecular weight is 437 g/mol. The van der Waals surface area contributed by atoms with Crippen molar-refractivity contribution in [1.82, 2.24) is 15.0 Å². The minimum atomic E-state index is -0.117. The van der Waals surface area contributed by atoms with Crippen LogP contribution < -0.4 is 14.2 Å². The molecule has 3 aromatic rings. The fourth-order valence-electron chi connectivity index (χ4n) is 3.90. The minimum absolute atomic E-state index is 0.0879. The summed E-state index contributed by atoms with van der Waals surface area (Å²) in [6.07, 6.45) is 1.08. The summed E-state index contributed by atoms with van der Waals surface area (Å²) in [5, 5.41) is 4.13. The maximum absolute atomic E-state index is 12.6. The molecule has 0 N–H and O–H groups in total. The van der Waals surface area contributed by atoms with E-state index in [2.05, 4.69) is 10.1 Å². The number of rotatable bonds is 9. The van der Waals surface area contributed by atoms with E-state index in [4.69, 9.17) is 18.7 Å². The molecular formula is C24H27N3O5. The van der Waals surface area contributed by atoms with Crippen molar-refractivity contribution >= 4 is 5.91 Å². The van der Waals surface area contributed by atoms with Crippen LogP contribution in [0.15, 0.2) is 47.0 Å². The molecule has 1 aliphatic rings. The SMILES string of the molecule is CCOc1ccccc1-c1noc(C2CC(=O)N(CCc3ccc(OC)c(OC)c3)C2)n1. The van der Waals surface area contributed by atoms with Gasteiger partial charge < -0.3 is 23.6 Å². The summed E-state index contributed by atoms with van der Waals surface area (Å²) in [5.74, 6) is 3.00. The molecule has 1 unspecified atom stereocenters. The number of para-hydroxylation sites is 1. The number of aromatic nitrogens is 2. The number of benzene rings is 2. The predicted molar refractivity (Wildman–Crippen MR) is 118 cm³/mol. The first-order valence-corrected chi connectivity index (χ1v) is 10.7. The van der Waals surface area contributed by atoms with Gasteiger partial charge in [-0.2, -0.15) is 4.98 Å². The third kappa shape index (κ3) is 4.54. The van der Waals surface area contributed by atoms with Crippen LogP contribution in [0.25, 0.3) is 11.4 Å². The first kappa shape index (κ1) is 21.7. The van der Waals surface area contributed by atoms with Gasteiger partial charge >= 0.3 is 0 Å². The number of methoxy groups -OCH3 is 2. The fraction of sp³-hybridized carbons (Fsp3) is 0.375. The zero-order chi connectivity index (χ0) is 22.5. The zero-order valence-corrected chi connectivity index (χ0v) is 18.5. The first-order valence-electron chi connectivity index (χ1n) is 10.7. The molecule has 8 nitrogen and oxygen atoms in total. The number of carbonyl (C=O) groups is 1. The minimum Gasteiger partial charge on any atom is -0.493 e. The number of hydrogen-bond donors (Lipinski definition) is 0. The van der Waals surface area contributed by atoms with Gasteiger partial charge in [-0.25, -0.2) is 0 Å². The highest BCUT2D eigenvalue weighted by molar-refractivity contribution is 5.79. The Labute approximate surface area is 187 Å². The Kier molecular flexibility index (Phi) is 6.58. The molecule has 4 rings (SSSR count). The smallest absolute Gasteiger partial charge is 0.232 e. The molecule has 0 radical (unpaired) electrons. The van der Waals surface area contributed by atoms with Gasteiger partial charge in [0.1, 0.15) is 5.75 Å². The highest BCUT2D eigenvalue weighted by atomic mass is 16.5. The Hall–Kier alpha value is -3.55. The van der Waals surface area contributed by atoms with Crippen LogP contribution in [0.2, 0.25) is 0 Å². The number of hydrogen-bond acceptors (Lipinski definition) is 7. The van der Waals surface area contributed by atoms with E-state index in [1.54, 1.807) is 14.2 Å². The topological polar surface area (TPSA) is 86.9 Å². The highest BCUT2D eigenvalue weighted by Gasteiger charge is 2.34. The number of carbonyl (C=O) groups excluding carboxylic acids is 1. The van der Waals surface area contributed by atoms with Gasteiger partial charge in [0.2, 0.25) is 17.6 Å². The quantitative estimate of drug-likeness (QED) is 0.504. The van der Waals surface area contributed by atoms with E-state index in [1.807, 2.05) is 54.3 Å². The van der Waals surface area contributed by atoms with E-state index in [0.29, 0.717) is 55.1 Å². The lowest BCUT2D eigenvalue weighted by atomic mass is 10.1. The van der Waals surface area contributed by atoms with Gasteiger partial charge in [-0.3, -0.25) is 4.79 Å². The van der Waals surface area contributed by atoms with Gasteiger partial charge in [0.15, 0.2) is 11.5 Å². The molecule has 8 heteroatoms. The van der Waals surface area contributed by atoms with Crippen molar-refractivity contribution in [3.8, 4) is 28.6 Å². The van der Waals surface area contributed by atoms with E-state index in [9.17, 15) is 4.79 Å². The third-order valence-electron chi connectivity index (χ3n) is 5.55. The monoisotopic (exact) mass is 437 g/mol. The van der Waals surface area contributed by atoms with Crippen molar-refractivity contribution < 1.29 is 23.5 Å². The molecule has 2 aromatic carbocycles. The molecule has 2 heterocycles. The second-order valence-electron chi connectivity index (χ2n) is 7.57. The molecule has 32 heavy (non-hydrogen) atoms. The van der Waals surface area contributed by atoms with Crippen molar-refractivity contribution in [1.29, 1.82) is 0 Å². The largest absolute Gasteiger partial charge is 0.493 e. The Morgan fingerprint density at radius 3 is 2.69 bits per heavy atom. The van der Waals surface area contributed by atoms with Gasteiger partial charge in [-0.15, -0.1) is 0 Å². The van der Waals surface area contributed by atoms with Crippen molar-refractivity contribution in [3.63, 3.8) is 0 Å². The molecule has 0 spiro atoms. The maximum Gasteiger partial charge on any atom is 0.232 e. The van der Waals surface area contributed by atoms with E-state index in [0.717, 1.165) is 17.5 Å². The van der Waals surface area contributed by atoms with Crippen LogP contribution in [0, 0.1) is 0 Å². The summed E-state index contributed by atoms with van der Waals surface area (Å²) >= 11 is 0. The number of ether oxygens (including phenoxy) is 3. The molecule has 0 aliphatic carbocycles. The molecular weight excluding hydrogens is 410 g/mol. The van der Waals surface area contributed by atoms with Crippen molar-refractivity contribution in [2.24, 2.45) is 0 Å². The Morgan fingerprint density at radius 2 is 1.91 bits per heavy atom. The molecule has 1 saturated heterocycles. The summed E-state index contributed by atoms with van der Waals surface area (Å²) in [6.45, 7) is 3.65. The van der Waals surface area contributed by atoms with Crippen molar-refractivity contribution in [2.45, 2.75) is 25.7 Å².